The number of rotatable bonds is 37. The zero-order valence-electron chi connectivity index (χ0n) is 77.2. The summed E-state index contributed by atoms with van der Waals surface area (Å²) in [6, 6.07) is 43.3. The summed E-state index contributed by atoms with van der Waals surface area (Å²) >= 11 is 0. The molecule has 7 fully saturated rings. The van der Waals surface area contributed by atoms with Gasteiger partial charge < -0.3 is 42.6 Å². The zero-order chi connectivity index (χ0) is 83.3. The number of fused-ring (bicyclic) bond motifs is 1. The van der Waals surface area contributed by atoms with Crippen molar-refractivity contribution in [3.05, 3.63) is 149 Å². The van der Waals surface area contributed by atoms with Crippen molar-refractivity contribution in [1.82, 2.24) is 0 Å². The topological polar surface area (TPSA) is 83.1 Å². The molecule has 5 aromatic rings. The summed E-state index contributed by atoms with van der Waals surface area (Å²) in [6.45, 7) is 36.8. The molecule has 9 nitrogen and oxygen atoms in total. The molecule has 7 saturated carbocycles. The van der Waals surface area contributed by atoms with E-state index in [0.29, 0.717) is 48.9 Å². The second kappa shape index (κ2) is 51.1. The van der Waals surface area contributed by atoms with Gasteiger partial charge in [0.2, 0.25) is 6.29 Å². The third-order valence-corrected chi connectivity index (χ3v) is 28.1. The average Bonchev–Trinajstić information content (AvgIpc) is 0.833. The fourth-order valence-electron chi connectivity index (χ4n) is 19.5. The summed E-state index contributed by atoms with van der Waals surface area (Å²) in [4.78, 5) is 0. The van der Waals surface area contributed by atoms with E-state index in [9.17, 15) is 0 Å². The molecule has 656 valence electrons. The maximum Gasteiger partial charge on any atom is 0.200 e. The van der Waals surface area contributed by atoms with Gasteiger partial charge in [0.1, 0.15) is 35.4 Å². The van der Waals surface area contributed by atoms with Gasteiger partial charge in [0.05, 0.1) is 25.9 Å². The van der Waals surface area contributed by atoms with Crippen molar-refractivity contribution in [3.63, 3.8) is 0 Å². The van der Waals surface area contributed by atoms with Crippen LogP contribution >= 0.6 is 0 Å². The molecule has 117 heavy (non-hydrogen) atoms. The third-order valence-electron chi connectivity index (χ3n) is 28.1. The number of benzene rings is 5. The Kier molecular flexibility index (Phi) is 41.9. The summed E-state index contributed by atoms with van der Waals surface area (Å²) in [5.41, 5.74) is 7.66. The molecular formula is C108H170O9. The van der Waals surface area contributed by atoms with Gasteiger partial charge in [-0.3, -0.25) is 0 Å². The van der Waals surface area contributed by atoms with Crippen LogP contribution < -0.4 is 23.7 Å². The number of ether oxygens (including phenoxy) is 9. The molecule has 0 heterocycles. The highest BCUT2D eigenvalue weighted by Gasteiger charge is 2.36. The van der Waals surface area contributed by atoms with Crippen LogP contribution in [0, 0.1) is 45.8 Å². The summed E-state index contributed by atoms with van der Waals surface area (Å²) in [7, 11) is 0. The van der Waals surface area contributed by atoms with E-state index in [4.69, 9.17) is 42.6 Å². The Morgan fingerprint density at radius 3 is 1.21 bits per heavy atom. The Hall–Kier alpha value is -5.06. The first-order valence-corrected chi connectivity index (χ1v) is 48.8. The molecule has 12 rings (SSSR count). The van der Waals surface area contributed by atoms with Crippen molar-refractivity contribution in [2.75, 3.05) is 26.4 Å². The van der Waals surface area contributed by atoms with Crippen LogP contribution in [-0.2, 0) is 18.9 Å². The second-order valence-electron chi connectivity index (χ2n) is 40.5. The molecule has 0 aromatic heterocycles. The monoisotopic (exact) mass is 1610 g/mol. The van der Waals surface area contributed by atoms with Crippen LogP contribution in [0.25, 0.3) is 0 Å². The lowest BCUT2D eigenvalue weighted by atomic mass is 9.70. The van der Waals surface area contributed by atoms with Gasteiger partial charge in [-0.25, -0.2) is 0 Å². The van der Waals surface area contributed by atoms with E-state index < -0.39 is 0 Å². The van der Waals surface area contributed by atoms with Gasteiger partial charge in [0.25, 0.3) is 0 Å². The van der Waals surface area contributed by atoms with Crippen LogP contribution in [0.3, 0.4) is 0 Å². The molecule has 5 aromatic carbocycles. The van der Waals surface area contributed by atoms with E-state index in [1.54, 1.807) is 0 Å². The third kappa shape index (κ3) is 35.7. The van der Waals surface area contributed by atoms with Gasteiger partial charge in [-0.2, -0.15) is 0 Å². The Balaban J connectivity index is 0.000000180. The lowest BCUT2D eigenvalue weighted by Gasteiger charge is -2.40. The molecule has 0 bridgehead atoms. The predicted molar refractivity (Wildman–Crippen MR) is 491 cm³/mol. The lowest BCUT2D eigenvalue weighted by Crippen LogP contribution is -2.37. The minimum Gasteiger partial charge on any atom is -0.491 e. The maximum absolute atomic E-state index is 6.60. The minimum atomic E-state index is -0.250. The zero-order valence-corrected chi connectivity index (χ0v) is 77.2. The van der Waals surface area contributed by atoms with E-state index in [1.807, 2.05) is 0 Å². The maximum atomic E-state index is 6.60. The van der Waals surface area contributed by atoms with Crippen LogP contribution in [0.5, 0.6) is 28.7 Å². The van der Waals surface area contributed by atoms with Gasteiger partial charge in [-0.05, 0) is 254 Å². The van der Waals surface area contributed by atoms with E-state index in [1.165, 1.54) is 253 Å². The van der Waals surface area contributed by atoms with Crippen LogP contribution in [0.4, 0.5) is 0 Å². The van der Waals surface area contributed by atoms with Crippen LogP contribution in [-0.4, -0.2) is 57.7 Å². The van der Waals surface area contributed by atoms with Gasteiger partial charge in [0.15, 0.2) is 18.9 Å². The summed E-state index contributed by atoms with van der Waals surface area (Å²) in [6.07, 6.45) is 52.8. The molecule has 11 unspecified atom stereocenters. The molecule has 0 N–H and O–H groups in total. The number of hydrogen-bond acceptors (Lipinski definition) is 9. The minimum absolute atomic E-state index is 0.0823. The molecule has 0 radical (unpaired) electrons. The molecule has 0 saturated heterocycles. The quantitative estimate of drug-likeness (QED) is 0.0285. The Labute approximate surface area is 716 Å². The van der Waals surface area contributed by atoms with Crippen molar-refractivity contribution in [2.24, 2.45) is 45.8 Å². The average molecular weight is 1610 g/mol. The molecule has 0 amide bonds. The smallest absolute Gasteiger partial charge is 0.200 e. The molecule has 0 spiro atoms. The Bertz CT molecular complexity index is 3360. The lowest BCUT2D eigenvalue weighted by molar-refractivity contribution is -0.152. The molecule has 9 heteroatoms. The van der Waals surface area contributed by atoms with Crippen molar-refractivity contribution >= 4 is 0 Å². The first-order valence-electron chi connectivity index (χ1n) is 48.8. The fraction of sp³-hybridized carbons (Fsp3) is 0.722. The highest BCUT2D eigenvalue weighted by atomic mass is 16.7. The van der Waals surface area contributed by atoms with Gasteiger partial charge in [0, 0.05) is 25.7 Å². The first kappa shape index (κ1) is 95.8. The summed E-state index contributed by atoms with van der Waals surface area (Å²) < 4.78 is 56.9. The SMILES string of the molecule is CCC(C)c1ccc(OC(CC(C)(C)C)OC2CCC3CCCCC3C2)cc1.CCC(C)c1ccc(OC(CC(C)(C)C)OCC2CCCCC2)cc1.CCC(C)c1ccc(OC(CC2(C)CCCCC2)OCCOc2ccc(C3CCCCC3)cc2)cc1.CCC(C)c1ccc(OC(CC2CCCCC2)OCCC2CCCCC2)cc1. The molecule has 7 aliphatic rings. The van der Waals surface area contributed by atoms with Gasteiger partial charge >= 0.3 is 0 Å². The van der Waals surface area contributed by atoms with Crippen molar-refractivity contribution < 1.29 is 42.6 Å². The summed E-state index contributed by atoms with van der Waals surface area (Å²) in [5.74, 6) is 12.0. The second-order valence-corrected chi connectivity index (χ2v) is 40.5. The highest BCUT2D eigenvalue weighted by Crippen LogP contribution is 2.45. The molecule has 7 aliphatic carbocycles. The van der Waals surface area contributed by atoms with E-state index >= 15 is 0 Å². The standard InChI is InChI=1S/C33H48O3.2C26H42O2.C23H38O2/c1-4-26(2)27-13-19-31(20-14-27)36-32(25-33(3)21-9-6-10-22-33)35-24-23-34-30-17-15-29(16-18-30)28-11-7-5-8-12-28;1-6-19(2)20-11-14-23(15-12-20)27-25(18-26(3,4)5)28-24-16-13-21-9-7-8-10-22(21)17-24;1-3-21(2)24-14-16-25(17-15-24)28-26(20-23-12-8-5-9-13-23)27-19-18-22-10-6-4-7-11-22;1-6-18(2)20-12-14-21(15-13-20)25-22(16-23(3,4)5)24-17-19-10-8-7-9-11-19/h13-20,26,28,32H,4-12,21-25H2,1-3H3;11-12,14-15,19,21-22,24-25H,6-10,13,16-18H2,1-5H3;14-17,21-23,26H,3-13,18-20H2,1-2H3;12-15,18-19,22H,6-11,16-17H2,1-5H3. The predicted octanol–water partition coefficient (Wildman–Crippen LogP) is 31.9. The normalized spacial score (nSPS) is 21.9. The van der Waals surface area contributed by atoms with E-state index in [0.717, 1.165) is 110 Å². The first-order chi connectivity index (χ1) is 56.5. The van der Waals surface area contributed by atoms with Crippen molar-refractivity contribution in [3.8, 4) is 28.7 Å². The fourth-order valence-corrected chi connectivity index (χ4v) is 19.5. The van der Waals surface area contributed by atoms with Crippen LogP contribution in [0.1, 0.15) is 425 Å². The van der Waals surface area contributed by atoms with Gasteiger partial charge in [-0.1, -0.05) is 312 Å². The van der Waals surface area contributed by atoms with E-state index in [2.05, 4.69) is 225 Å². The largest absolute Gasteiger partial charge is 0.491 e. The Morgan fingerprint density at radius 2 is 0.735 bits per heavy atom. The van der Waals surface area contributed by atoms with E-state index in [-0.39, 0.29) is 41.4 Å². The van der Waals surface area contributed by atoms with Crippen molar-refractivity contribution in [2.45, 2.75) is 428 Å². The summed E-state index contributed by atoms with van der Waals surface area (Å²) in [5, 5.41) is 0. The number of hydrogen-bond donors (Lipinski definition) is 0. The van der Waals surface area contributed by atoms with Crippen LogP contribution in [0.2, 0.25) is 0 Å². The highest BCUT2D eigenvalue weighted by molar-refractivity contribution is 5.33. The van der Waals surface area contributed by atoms with Crippen LogP contribution in [0.15, 0.2) is 121 Å². The van der Waals surface area contributed by atoms with Gasteiger partial charge in [-0.15, -0.1) is 0 Å². The Morgan fingerprint density at radius 1 is 0.350 bits per heavy atom. The molecule has 11 atom stereocenters. The molecular weight excluding hydrogens is 1440 g/mol. The van der Waals surface area contributed by atoms with Crippen molar-refractivity contribution in [1.29, 1.82) is 0 Å². The molecule has 0 aliphatic heterocycles.